The Hall–Kier alpha value is -1.26. The molecule has 0 bridgehead atoms. The molecule has 15 heavy (non-hydrogen) atoms. The van der Waals surface area contributed by atoms with Gasteiger partial charge in [-0.1, -0.05) is 0 Å². The summed E-state index contributed by atoms with van der Waals surface area (Å²) in [6.07, 6.45) is -5.36. The summed E-state index contributed by atoms with van der Waals surface area (Å²) in [7, 11) is 1.53. The van der Waals surface area contributed by atoms with Crippen LogP contribution in [0.15, 0.2) is 10.9 Å². The van der Waals surface area contributed by atoms with E-state index in [1.165, 1.54) is 11.6 Å². The molecule has 0 atom stereocenters. The summed E-state index contributed by atoms with van der Waals surface area (Å²) < 4.78 is 37.9. The molecule has 84 valence electrons. The van der Waals surface area contributed by atoms with Gasteiger partial charge in [0.2, 0.25) is 0 Å². The molecule has 0 unspecified atom stereocenters. The van der Waals surface area contributed by atoms with Gasteiger partial charge in [0.15, 0.2) is 5.43 Å². The van der Waals surface area contributed by atoms with Crippen molar-refractivity contribution in [3.63, 3.8) is 0 Å². The van der Waals surface area contributed by atoms with Crippen LogP contribution in [0, 0.1) is 13.8 Å². The van der Waals surface area contributed by atoms with Crippen molar-refractivity contribution in [1.29, 1.82) is 0 Å². The van der Waals surface area contributed by atoms with Crippen LogP contribution in [0.2, 0.25) is 0 Å². The fraction of sp³-hybridized carbons (Fsp3) is 0.500. The normalized spacial score (nSPS) is 11.9. The van der Waals surface area contributed by atoms with E-state index in [-0.39, 0.29) is 11.1 Å². The molecule has 0 radical (unpaired) electrons. The lowest BCUT2D eigenvalue weighted by molar-refractivity contribution is -0.128. The predicted octanol–water partition coefficient (Wildman–Crippen LogP) is 2.11. The monoisotopic (exact) mass is 219 g/mol. The standard InChI is InChI=1S/C10H12F3NO/c1-6-7(2)14(3)8(4-9(6)15)5-10(11,12)13/h4H,5H2,1-3H3. The first-order chi connectivity index (χ1) is 6.72. The van der Waals surface area contributed by atoms with Gasteiger partial charge in [-0.3, -0.25) is 4.79 Å². The lowest BCUT2D eigenvalue weighted by Gasteiger charge is -2.15. The number of alkyl halides is 3. The van der Waals surface area contributed by atoms with Crippen LogP contribution in [-0.4, -0.2) is 10.7 Å². The summed E-state index contributed by atoms with van der Waals surface area (Å²) in [5.41, 5.74) is 0.714. The average molecular weight is 219 g/mol. The molecule has 1 heterocycles. The van der Waals surface area contributed by atoms with Crippen molar-refractivity contribution in [3.8, 4) is 0 Å². The van der Waals surface area contributed by atoms with E-state index in [0.717, 1.165) is 6.07 Å². The Morgan fingerprint density at radius 2 is 1.87 bits per heavy atom. The third kappa shape index (κ3) is 2.61. The van der Waals surface area contributed by atoms with Crippen molar-refractivity contribution in [2.75, 3.05) is 0 Å². The van der Waals surface area contributed by atoms with E-state index >= 15 is 0 Å². The molecule has 0 aromatic carbocycles. The second-order valence-electron chi connectivity index (χ2n) is 3.56. The summed E-state index contributed by atoms with van der Waals surface area (Å²) >= 11 is 0. The third-order valence-corrected chi connectivity index (χ3v) is 2.53. The highest BCUT2D eigenvalue weighted by Gasteiger charge is 2.29. The van der Waals surface area contributed by atoms with Crippen LogP contribution >= 0.6 is 0 Å². The number of hydrogen-bond donors (Lipinski definition) is 0. The Morgan fingerprint density at radius 3 is 2.33 bits per heavy atom. The maximum Gasteiger partial charge on any atom is 0.394 e. The smallest absolute Gasteiger partial charge is 0.351 e. The van der Waals surface area contributed by atoms with Crippen molar-refractivity contribution in [2.24, 2.45) is 7.05 Å². The van der Waals surface area contributed by atoms with Crippen LogP contribution in [0.1, 0.15) is 17.0 Å². The zero-order chi connectivity index (χ0) is 11.8. The van der Waals surface area contributed by atoms with Crippen LogP contribution in [0.25, 0.3) is 0 Å². The Bertz CT molecular complexity index is 432. The Balaban J connectivity index is 3.27. The number of halogens is 3. The van der Waals surface area contributed by atoms with Gasteiger partial charge in [-0.25, -0.2) is 0 Å². The van der Waals surface area contributed by atoms with Crippen LogP contribution in [0.3, 0.4) is 0 Å². The van der Waals surface area contributed by atoms with E-state index in [9.17, 15) is 18.0 Å². The van der Waals surface area contributed by atoms with Gasteiger partial charge in [-0.2, -0.15) is 13.2 Å². The van der Waals surface area contributed by atoms with Gasteiger partial charge < -0.3 is 4.57 Å². The second kappa shape index (κ2) is 3.72. The van der Waals surface area contributed by atoms with Gasteiger partial charge in [0, 0.05) is 30.1 Å². The largest absolute Gasteiger partial charge is 0.394 e. The lowest BCUT2D eigenvalue weighted by Crippen LogP contribution is -2.21. The molecule has 0 N–H and O–H groups in total. The number of hydrogen-bond acceptors (Lipinski definition) is 1. The Morgan fingerprint density at radius 1 is 1.33 bits per heavy atom. The van der Waals surface area contributed by atoms with Crippen LogP contribution in [-0.2, 0) is 13.5 Å². The highest BCUT2D eigenvalue weighted by molar-refractivity contribution is 5.23. The molecule has 2 nitrogen and oxygen atoms in total. The van der Waals surface area contributed by atoms with Gasteiger partial charge in [0.1, 0.15) is 0 Å². The minimum absolute atomic E-state index is 0.00407. The molecular weight excluding hydrogens is 207 g/mol. The summed E-state index contributed by atoms with van der Waals surface area (Å²) in [4.78, 5) is 11.3. The number of aromatic nitrogens is 1. The predicted molar refractivity (Wildman–Crippen MR) is 50.9 cm³/mol. The van der Waals surface area contributed by atoms with Crippen molar-refractivity contribution in [3.05, 3.63) is 33.2 Å². The minimum Gasteiger partial charge on any atom is -0.351 e. The number of rotatable bonds is 1. The molecule has 1 rings (SSSR count). The van der Waals surface area contributed by atoms with E-state index in [2.05, 4.69) is 0 Å². The summed E-state index contributed by atoms with van der Waals surface area (Å²) in [5, 5.41) is 0. The highest BCUT2D eigenvalue weighted by atomic mass is 19.4. The number of pyridine rings is 1. The van der Waals surface area contributed by atoms with Crippen molar-refractivity contribution in [1.82, 2.24) is 4.57 Å². The zero-order valence-corrected chi connectivity index (χ0v) is 8.77. The first-order valence-electron chi connectivity index (χ1n) is 4.45. The Labute approximate surface area is 85.3 Å². The zero-order valence-electron chi connectivity index (χ0n) is 8.77. The van der Waals surface area contributed by atoms with E-state index in [0.29, 0.717) is 11.3 Å². The summed E-state index contributed by atoms with van der Waals surface area (Å²) in [5.74, 6) is 0. The van der Waals surface area contributed by atoms with Crippen molar-refractivity contribution >= 4 is 0 Å². The lowest BCUT2D eigenvalue weighted by atomic mass is 10.1. The highest BCUT2D eigenvalue weighted by Crippen LogP contribution is 2.21. The maximum atomic E-state index is 12.2. The summed E-state index contributed by atoms with van der Waals surface area (Å²) in [6, 6.07) is 1.05. The molecule has 0 aliphatic rings. The second-order valence-corrected chi connectivity index (χ2v) is 3.56. The number of nitrogens with zero attached hydrogens (tertiary/aromatic N) is 1. The third-order valence-electron chi connectivity index (χ3n) is 2.53. The van der Waals surface area contributed by atoms with Gasteiger partial charge in [-0.05, 0) is 13.8 Å². The van der Waals surface area contributed by atoms with Gasteiger partial charge in [0.05, 0.1) is 6.42 Å². The van der Waals surface area contributed by atoms with Crippen molar-refractivity contribution in [2.45, 2.75) is 26.4 Å². The van der Waals surface area contributed by atoms with Crippen molar-refractivity contribution < 1.29 is 13.2 Å². The first kappa shape index (κ1) is 11.8. The molecule has 0 saturated heterocycles. The summed E-state index contributed by atoms with van der Waals surface area (Å²) in [6.45, 7) is 3.24. The molecule has 0 spiro atoms. The minimum atomic E-state index is -4.29. The van der Waals surface area contributed by atoms with Gasteiger partial charge in [0.25, 0.3) is 0 Å². The molecule has 1 aromatic heterocycles. The van der Waals surface area contributed by atoms with Crippen LogP contribution in [0.5, 0.6) is 0 Å². The van der Waals surface area contributed by atoms with Crippen LogP contribution < -0.4 is 5.43 Å². The molecule has 5 heteroatoms. The molecule has 0 aliphatic carbocycles. The van der Waals surface area contributed by atoms with E-state index in [4.69, 9.17) is 0 Å². The van der Waals surface area contributed by atoms with E-state index < -0.39 is 12.6 Å². The van der Waals surface area contributed by atoms with E-state index in [1.807, 2.05) is 0 Å². The SMILES string of the molecule is Cc1c(C)n(C)c(CC(F)(F)F)cc1=O. The quantitative estimate of drug-likeness (QED) is 0.709. The Kier molecular flexibility index (Phi) is 2.93. The van der Waals surface area contributed by atoms with E-state index in [1.54, 1.807) is 13.8 Å². The topological polar surface area (TPSA) is 22.0 Å². The van der Waals surface area contributed by atoms with Gasteiger partial charge in [-0.15, -0.1) is 0 Å². The average Bonchev–Trinajstić information content (AvgIpc) is 2.08. The fourth-order valence-electron chi connectivity index (χ4n) is 1.38. The van der Waals surface area contributed by atoms with Gasteiger partial charge >= 0.3 is 6.18 Å². The molecule has 1 aromatic rings. The molecule has 0 saturated carbocycles. The first-order valence-corrected chi connectivity index (χ1v) is 4.45. The molecule has 0 amide bonds. The fourth-order valence-corrected chi connectivity index (χ4v) is 1.38. The van der Waals surface area contributed by atoms with Crippen LogP contribution in [0.4, 0.5) is 13.2 Å². The molecule has 0 aliphatic heterocycles. The maximum absolute atomic E-state index is 12.2. The molecule has 0 fully saturated rings. The molecular formula is C10H12F3NO.